The van der Waals surface area contributed by atoms with Crippen molar-refractivity contribution in [3.63, 3.8) is 0 Å². The number of hydrogen-bond acceptors (Lipinski definition) is 5. The molecule has 0 aliphatic heterocycles. The summed E-state index contributed by atoms with van der Waals surface area (Å²) in [6.07, 6.45) is 4.20. The maximum atomic E-state index is 8.49. The van der Waals surface area contributed by atoms with E-state index in [0.29, 0.717) is 0 Å². The Hall–Kier alpha value is -1.44. The molecule has 21 heavy (non-hydrogen) atoms. The highest BCUT2D eigenvalue weighted by Gasteiger charge is 2.03. The van der Waals surface area contributed by atoms with Crippen molar-refractivity contribution in [2.75, 3.05) is 28.2 Å². The van der Waals surface area contributed by atoms with E-state index in [1.807, 2.05) is 18.7 Å². The van der Waals surface area contributed by atoms with Crippen LogP contribution >= 0.6 is 0 Å². The fraction of sp³-hybridized carbons (Fsp3) is 0.357. The summed E-state index contributed by atoms with van der Waals surface area (Å²) in [5, 5.41) is 0. The van der Waals surface area contributed by atoms with Gasteiger partial charge in [0.05, 0.1) is 0 Å². The third-order valence-electron chi connectivity index (χ3n) is 2.33. The van der Waals surface area contributed by atoms with Crippen LogP contribution in [0, 0.1) is 17.2 Å². The fourth-order valence-electron chi connectivity index (χ4n) is 1.53. The minimum atomic E-state index is -4.94. The number of halogens is 1. The van der Waals surface area contributed by atoms with Crippen LogP contribution in [-0.2, 0) is 0 Å². The molecule has 0 spiro atoms. The average molecular weight is 317 g/mol. The summed E-state index contributed by atoms with van der Waals surface area (Å²) < 4.78 is 36.0. The molecule has 0 amide bonds. The lowest BCUT2D eigenvalue weighted by Crippen LogP contribution is -2.68. The highest BCUT2D eigenvalue weighted by Crippen LogP contribution is 2.16. The molecule has 0 unspecified atom stereocenters. The van der Waals surface area contributed by atoms with Crippen LogP contribution in [0.1, 0.15) is 11.1 Å². The summed E-state index contributed by atoms with van der Waals surface area (Å²) in [6, 6.07) is 8.56. The van der Waals surface area contributed by atoms with E-state index in [0.717, 1.165) is 0 Å². The Kier molecular flexibility index (Phi) is 8.16. The summed E-state index contributed by atoms with van der Waals surface area (Å²) in [6.45, 7) is 2.12. The van der Waals surface area contributed by atoms with Crippen molar-refractivity contribution < 1.29 is 33.5 Å². The van der Waals surface area contributed by atoms with Crippen LogP contribution < -0.4 is 18.6 Å². The van der Waals surface area contributed by atoms with E-state index in [1.165, 1.54) is 16.8 Å². The van der Waals surface area contributed by atoms with Gasteiger partial charge in [-0.05, 0) is 18.6 Å². The summed E-state index contributed by atoms with van der Waals surface area (Å²) in [5.41, 5.74) is 3.76. The molecule has 0 N–H and O–H groups in total. The monoisotopic (exact) mass is 316 g/mol. The minimum Gasteiger partial charge on any atom is -0.377 e. The average Bonchev–Trinajstić information content (AvgIpc) is 2.26. The topological polar surface area (TPSA) is 98.5 Å². The molecule has 0 saturated carbocycles. The molecule has 0 heterocycles. The van der Waals surface area contributed by atoms with Crippen molar-refractivity contribution >= 4 is 11.9 Å². The Balaban J connectivity index is 0.000000690. The first kappa shape index (κ1) is 19.6. The summed E-state index contributed by atoms with van der Waals surface area (Å²) in [5.74, 6) is 0. The van der Waals surface area contributed by atoms with Crippen molar-refractivity contribution in [2.24, 2.45) is 0 Å². The second-order valence-corrected chi connectivity index (χ2v) is 5.56. The molecule has 0 aromatic heterocycles. The predicted octanol–water partition coefficient (Wildman–Crippen LogP) is -2.52. The van der Waals surface area contributed by atoms with Crippen LogP contribution in [0.2, 0.25) is 0 Å². The van der Waals surface area contributed by atoms with E-state index in [2.05, 4.69) is 62.5 Å². The first-order chi connectivity index (χ1) is 9.50. The molecule has 1 aromatic rings. The van der Waals surface area contributed by atoms with Gasteiger partial charge in [0, 0.05) is 25.9 Å². The molecule has 6 nitrogen and oxygen atoms in total. The zero-order chi connectivity index (χ0) is 16.6. The van der Waals surface area contributed by atoms with Gasteiger partial charge in [-0.25, -0.2) is 23.2 Å². The Morgan fingerprint density at radius 1 is 1.14 bits per heavy atom. The molecule has 0 fully saturated rings. The lowest BCUT2D eigenvalue weighted by atomic mass is 10.1. The quantitative estimate of drug-likeness (QED) is 0.453. The van der Waals surface area contributed by atoms with Crippen molar-refractivity contribution in [1.29, 1.82) is 0 Å². The van der Waals surface area contributed by atoms with Crippen molar-refractivity contribution in [3.05, 3.63) is 41.5 Å². The highest BCUT2D eigenvalue weighted by molar-refractivity contribution is 5.81. The second-order valence-electron chi connectivity index (χ2n) is 4.81. The van der Waals surface area contributed by atoms with Gasteiger partial charge in [0.1, 0.15) is 14.1 Å². The van der Waals surface area contributed by atoms with Crippen LogP contribution in [0.4, 0.5) is 0 Å². The summed E-state index contributed by atoms with van der Waals surface area (Å²) >= 11 is 0. The van der Waals surface area contributed by atoms with Crippen LogP contribution in [0.3, 0.4) is 0 Å². The van der Waals surface area contributed by atoms with Crippen molar-refractivity contribution in [2.45, 2.75) is 6.92 Å². The van der Waals surface area contributed by atoms with Gasteiger partial charge in [-0.3, -0.25) is 0 Å². The van der Waals surface area contributed by atoms with Gasteiger partial charge in [-0.15, -0.1) is 10.2 Å². The Morgan fingerprint density at radius 3 is 2.05 bits per heavy atom. The molecule has 0 aliphatic carbocycles. The zero-order valence-electron chi connectivity index (χ0n) is 12.9. The van der Waals surface area contributed by atoms with Crippen LogP contribution in [0.15, 0.2) is 30.3 Å². The van der Waals surface area contributed by atoms with Crippen molar-refractivity contribution in [3.8, 4) is 0 Å². The lowest BCUT2D eigenvalue weighted by molar-refractivity contribution is -2.00. The molecule has 1 rings (SSSR count). The number of aryl methyl sites for hydroxylation is 1. The van der Waals surface area contributed by atoms with Gasteiger partial charge in [0.25, 0.3) is 0 Å². The molecule has 0 bridgehead atoms. The fourth-order valence-corrected chi connectivity index (χ4v) is 1.53. The predicted molar refractivity (Wildman–Crippen MR) is 71.0 cm³/mol. The Labute approximate surface area is 127 Å². The summed E-state index contributed by atoms with van der Waals surface area (Å²) in [7, 11) is 3.25. The van der Waals surface area contributed by atoms with Gasteiger partial charge < -0.3 is 4.90 Å². The molecule has 0 aliphatic rings. The molecule has 0 atom stereocenters. The number of allylic oxidation sites excluding steroid dienone is 1. The van der Waals surface area contributed by atoms with Gasteiger partial charge in [0.15, 0.2) is 6.21 Å². The van der Waals surface area contributed by atoms with Gasteiger partial charge in [0.2, 0.25) is 0 Å². The number of nitrogens with zero attached hydrogens (tertiary/aromatic N) is 2. The second kappa shape index (κ2) is 8.76. The normalized spacial score (nSPS) is 11.4. The van der Waals surface area contributed by atoms with Crippen LogP contribution in [-0.4, -0.2) is 43.9 Å². The first-order valence-corrected chi connectivity index (χ1v) is 7.32. The van der Waals surface area contributed by atoms with E-state index in [4.69, 9.17) is 18.6 Å². The van der Waals surface area contributed by atoms with Crippen molar-refractivity contribution in [1.82, 2.24) is 4.90 Å². The summed E-state index contributed by atoms with van der Waals surface area (Å²) in [4.78, 5) is 2.13. The van der Waals surface area contributed by atoms with Gasteiger partial charge in [-0.2, -0.15) is 0 Å². The van der Waals surface area contributed by atoms with Gasteiger partial charge >= 0.3 is 0 Å². The Bertz CT molecular complexity index is 498. The van der Waals surface area contributed by atoms with E-state index in [9.17, 15) is 0 Å². The first-order valence-electron chi connectivity index (χ1n) is 6.08. The molecule has 0 radical (unpaired) electrons. The van der Waals surface area contributed by atoms with Crippen LogP contribution in [0.25, 0.3) is 5.70 Å². The van der Waals surface area contributed by atoms with E-state index >= 15 is 0 Å². The third-order valence-corrected chi connectivity index (χ3v) is 2.33. The minimum absolute atomic E-state index is 1.22. The molecular weight excluding hydrogens is 296 g/mol. The zero-order valence-corrected chi connectivity index (χ0v) is 13.6. The largest absolute Gasteiger partial charge is 0.377 e. The molecular formula is C14H21ClN2O4. The van der Waals surface area contributed by atoms with Crippen LogP contribution in [0.5, 0.6) is 0 Å². The molecule has 0 saturated heterocycles. The Morgan fingerprint density at radius 2 is 1.67 bits per heavy atom. The molecule has 1 aromatic carbocycles. The maximum Gasteiger partial charge on any atom is 0.164 e. The van der Waals surface area contributed by atoms with E-state index in [1.54, 1.807) is 0 Å². The molecule has 118 valence electrons. The van der Waals surface area contributed by atoms with E-state index in [-0.39, 0.29) is 0 Å². The lowest BCUT2D eigenvalue weighted by Gasteiger charge is -2.17. The number of rotatable bonds is 3. The highest BCUT2D eigenvalue weighted by atomic mass is 35.7. The maximum absolute atomic E-state index is 8.49. The number of hydrogen-bond donors (Lipinski definition) is 0. The van der Waals surface area contributed by atoms with E-state index < -0.39 is 10.2 Å². The smallest absolute Gasteiger partial charge is 0.164 e. The van der Waals surface area contributed by atoms with Gasteiger partial charge in [-0.1, -0.05) is 23.8 Å². The standard InChI is InChI=1S/C14H21N2.ClHO4/c1-12-7-6-8-13(11-12)14(16(4)5)9-10-15(2)3;2-1(3,4)5/h6-11H,1-5H3;(H,2,3,4,5)/q+1;/p-1. The third kappa shape index (κ3) is 10.9. The molecule has 7 heteroatoms. The number of benzene rings is 1. The SMILES string of the molecule is Cc1cccc(/C(=C\C=[N+](C)C)N(C)C)c1.[O-][Cl+3]([O-])([O-])[O-].